The Kier molecular flexibility index (Phi) is 7.14. The highest BCUT2D eigenvalue weighted by atomic mass is 32.1. The topological polar surface area (TPSA) is 49.9 Å². The van der Waals surface area contributed by atoms with Crippen LogP contribution in [0.25, 0.3) is 0 Å². The Morgan fingerprint density at radius 2 is 1.94 bits per heavy atom. The Labute approximate surface area is 199 Å². The average molecular weight is 463 g/mol. The van der Waals surface area contributed by atoms with Crippen molar-refractivity contribution in [2.75, 3.05) is 20.2 Å². The maximum absolute atomic E-state index is 13.7. The predicted octanol–water partition coefficient (Wildman–Crippen LogP) is 5.17. The molecule has 2 amide bonds. The van der Waals surface area contributed by atoms with Gasteiger partial charge in [-0.15, -0.1) is 11.3 Å². The van der Waals surface area contributed by atoms with E-state index in [2.05, 4.69) is 23.6 Å². The van der Waals surface area contributed by atoms with E-state index >= 15 is 0 Å². The van der Waals surface area contributed by atoms with Gasteiger partial charge in [0, 0.05) is 23.0 Å². The van der Waals surface area contributed by atoms with Gasteiger partial charge in [0.2, 0.25) is 5.91 Å². The van der Waals surface area contributed by atoms with E-state index < -0.39 is 0 Å². The average Bonchev–Trinajstić information content (AvgIpc) is 3.35. The number of carbonyl (C=O) groups is 2. The molecule has 1 aliphatic heterocycles. The van der Waals surface area contributed by atoms with Gasteiger partial charge in [-0.25, -0.2) is 0 Å². The van der Waals surface area contributed by atoms with Gasteiger partial charge in [0.15, 0.2) is 0 Å². The maximum Gasteiger partial charge on any atom is 0.254 e. The molecule has 3 aromatic rings. The minimum Gasteiger partial charge on any atom is -0.497 e. The molecular formula is C27H30N2O3S. The van der Waals surface area contributed by atoms with E-state index in [9.17, 15) is 9.59 Å². The van der Waals surface area contributed by atoms with Crippen LogP contribution in [0.4, 0.5) is 0 Å². The number of amides is 2. The van der Waals surface area contributed by atoms with Crippen LogP contribution in [0.2, 0.25) is 0 Å². The molecule has 5 nitrogen and oxygen atoms in total. The molecule has 0 saturated heterocycles. The second-order valence-electron chi connectivity index (χ2n) is 8.37. The first-order chi connectivity index (χ1) is 16.0. The highest BCUT2D eigenvalue weighted by Crippen LogP contribution is 2.37. The molecule has 4 rings (SSSR count). The number of benzene rings is 2. The van der Waals surface area contributed by atoms with Gasteiger partial charge in [0.25, 0.3) is 5.91 Å². The summed E-state index contributed by atoms with van der Waals surface area (Å²) in [6.07, 6.45) is 1.61. The van der Waals surface area contributed by atoms with Crippen LogP contribution < -0.4 is 4.74 Å². The molecule has 2 atom stereocenters. The number of thiophene rings is 1. The molecule has 0 saturated carbocycles. The second kappa shape index (κ2) is 10.2. The third-order valence-corrected chi connectivity index (χ3v) is 7.40. The largest absolute Gasteiger partial charge is 0.497 e. The van der Waals surface area contributed by atoms with Gasteiger partial charge in [-0.2, -0.15) is 0 Å². The normalized spacial score (nSPS) is 16.1. The molecule has 33 heavy (non-hydrogen) atoms. The monoisotopic (exact) mass is 462 g/mol. The lowest BCUT2D eigenvalue weighted by molar-refractivity contribution is -0.134. The Balaban J connectivity index is 1.62. The minimum absolute atomic E-state index is 0.0303. The molecule has 2 unspecified atom stereocenters. The summed E-state index contributed by atoms with van der Waals surface area (Å²) in [5.41, 5.74) is 2.82. The van der Waals surface area contributed by atoms with E-state index in [-0.39, 0.29) is 30.4 Å². The zero-order valence-corrected chi connectivity index (χ0v) is 20.2. The van der Waals surface area contributed by atoms with Crippen molar-refractivity contribution in [2.24, 2.45) is 0 Å². The Morgan fingerprint density at radius 1 is 1.15 bits per heavy atom. The Morgan fingerprint density at radius 3 is 2.67 bits per heavy atom. The molecule has 0 spiro atoms. The summed E-state index contributed by atoms with van der Waals surface area (Å²) in [5.74, 6) is 0.444. The van der Waals surface area contributed by atoms with Crippen molar-refractivity contribution in [1.29, 1.82) is 0 Å². The fourth-order valence-electron chi connectivity index (χ4n) is 4.39. The summed E-state index contributed by atoms with van der Waals surface area (Å²) in [5, 5.41) is 2.10. The van der Waals surface area contributed by atoms with Crippen molar-refractivity contribution < 1.29 is 14.3 Å². The lowest BCUT2D eigenvalue weighted by atomic mass is 9.93. The molecular weight excluding hydrogens is 432 g/mol. The predicted molar refractivity (Wildman–Crippen MR) is 132 cm³/mol. The van der Waals surface area contributed by atoms with Crippen LogP contribution in [-0.4, -0.2) is 47.9 Å². The minimum atomic E-state index is -0.152. The molecule has 172 valence electrons. The van der Waals surface area contributed by atoms with Crippen LogP contribution in [0.1, 0.15) is 52.7 Å². The molecule has 2 heterocycles. The van der Waals surface area contributed by atoms with E-state index in [1.807, 2.05) is 43.0 Å². The lowest BCUT2D eigenvalue weighted by Crippen LogP contribution is -2.49. The molecule has 1 aliphatic rings. The number of fused-ring (bicyclic) bond motifs is 1. The van der Waals surface area contributed by atoms with Crippen molar-refractivity contribution in [2.45, 2.75) is 38.8 Å². The number of hydrogen-bond donors (Lipinski definition) is 0. The zero-order chi connectivity index (χ0) is 23.4. The zero-order valence-electron chi connectivity index (χ0n) is 19.4. The SMILES string of the molecule is CCC(C)N(CC(=O)N1CCc2sccc2C1c1ccccc1)C(=O)c1cccc(OC)c1. The van der Waals surface area contributed by atoms with E-state index in [0.717, 1.165) is 18.4 Å². The van der Waals surface area contributed by atoms with Crippen molar-refractivity contribution in [3.63, 3.8) is 0 Å². The summed E-state index contributed by atoms with van der Waals surface area (Å²) in [4.78, 5) is 32.1. The van der Waals surface area contributed by atoms with Gasteiger partial charge in [-0.05, 0) is 60.5 Å². The third-order valence-electron chi connectivity index (χ3n) is 6.41. The van der Waals surface area contributed by atoms with Gasteiger partial charge in [-0.3, -0.25) is 9.59 Å². The number of ether oxygens (including phenoxy) is 1. The third kappa shape index (κ3) is 4.81. The molecule has 1 aromatic heterocycles. The van der Waals surface area contributed by atoms with Crippen molar-refractivity contribution >= 4 is 23.2 Å². The number of nitrogens with zero attached hydrogens (tertiary/aromatic N) is 2. The van der Waals surface area contributed by atoms with Crippen LogP contribution in [0.15, 0.2) is 66.0 Å². The van der Waals surface area contributed by atoms with Gasteiger partial charge in [-0.1, -0.05) is 43.3 Å². The first-order valence-corrected chi connectivity index (χ1v) is 12.3. The van der Waals surface area contributed by atoms with Crippen LogP contribution >= 0.6 is 11.3 Å². The van der Waals surface area contributed by atoms with E-state index in [1.165, 1.54) is 10.4 Å². The van der Waals surface area contributed by atoms with Gasteiger partial charge >= 0.3 is 0 Å². The molecule has 0 aliphatic carbocycles. The van der Waals surface area contributed by atoms with Crippen molar-refractivity contribution in [3.05, 3.63) is 87.6 Å². The summed E-state index contributed by atoms with van der Waals surface area (Å²) in [7, 11) is 1.58. The number of carbonyl (C=O) groups excluding carboxylic acids is 2. The van der Waals surface area contributed by atoms with Crippen LogP contribution in [0, 0.1) is 0 Å². The van der Waals surface area contributed by atoms with Gasteiger partial charge in [0.1, 0.15) is 12.3 Å². The highest BCUT2D eigenvalue weighted by molar-refractivity contribution is 7.10. The molecule has 0 N–H and O–H groups in total. The first-order valence-electron chi connectivity index (χ1n) is 11.4. The Hall–Kier alpha value is -3.12. The highest BCUT2D eigenvalue weighted by Gasteiger charge is 2.34. The van der Waals surface area contributed by atoms with Gasteiger partial charge < -0.3 is 14.5 Å². The Bertz CT molecular complexity index is 1110. The smallest absolute Gasteiger partial charge is 0.254 e. The standard InChI is InChI=1S/C27H30N2O3S/c1-4-19(2)29(27(31)21-11-8-12-22(17-21)32-3)18-25(30)28-15-13-24-23(14-16-33-24)26(28)20-9-6-5-7-10-20/h5-12,14,16-17,19,26H,4,13,15,18H2,1-3H3. The van der Waals surface area contributed by atoms with E-state index in [1.54, 1.807) is 41.5 Å². The van der Waals surface area contributed by atoms with Gasteiger partial charge in [0.05, 0.1) is 13.2 Å². The fourth-order valence-corrected chi connectivity index (χ4v) is 5.29. The van der Waals surface area contributed by atoms with Crippen molar-refractivity contribution in [1.82, 2.24) is 9.80 Å². The summed E-state index contributed by atoms with van der Waals surface area (Å²) in [6.45, 7) is 4.72. The fraction of sp³-hybridized carbons (Fsp3) is 0.333. The molecule has 0 bridgehead atoms. The number of methoxy groups -OCH3 is 1. The summed E-state index contributed by atoms with van der Waals surface area (Å²) < 4.78 is 5.29. The summed E-state index contributed by atoms with van der Waals surface area (Å²) in [6, 6.07) is 19.2. The van der Waals surface area contributed by atoms with Crippen LogP contribution in [-0.2, 0) is 11.2 Å². The van der Waals surface area contributed by atoms with E-state index in [0.29, 0.717) is 17.9 Å². The lowest BCUT2D eigenvalue weighted by Gasteiger charge is -2.38. The molecule has 2 aromatic carbocycles. The second-order valence-corrected chi connectivity index (χ2v) is 9.37. The number of hydrogen-bond acceptors (Lipinski definition) is 4. The van der Waals surface area contributed by atoms with Crippen molar-refractivity contribution in [3.8, 4) is 5.75 Å². The first kappa shape index (κ1) is 23.1. The summed E-state index contributed by atoms with van der Waals surface area (Å²) >= 11 is 1.75. The maximum atomic E-state index is 13.7. The molecule has 6 heteroatoms. The molecule has 0 radical (unpaired) electrons. The van der Waals surface area contributed by atoms with Crippen LogP contribution in [0.5, 0.6) is 5.75 Å². The number of rotatable bonds is 7. The van der Waals surface area contributed by atoms with Crippen LogP contribution in [0.3, 0.4) is 0 Å². The molecule has 0 fully saturated rings. The quantitative estimate of drug-likeness (QED) is 0.487. The van der Waals surface area contributed by atoms with E-state index in [4.69, 9.17) is 4.74 Å².